The van der Waals surface area contributed by atoms with Crippen molar-refractivity contribution >= 4 is 5.91 Å². The number of methoxy groups -OCH3 is 1. The molecule has 0 aromatic rings. The van der Waals surface area contributed by atoms with Gasteiger partial charge in [0.15, 0.2) is 5.66 Å². The zero-order valence-corrected chi connectivity index (χ0v) is 10.8. The van der Waals surface area contributed by atoms with E-state index >= 15 is 0 Å². The lowest BCUT2D eigenvalue weighted by Gasteiger charge is -2.40. The Morgan fingerprint density at radius 1 is 1.56 bits per heavy atom. The van der Waals surface area contributed by atoms with Crippen LogP contribution in [0.5, 0.6) is 0 Å². The van der Waals surface area contributed by atoms with Crippen LogP contribution in [0.1, 0.15) is 32.1 Å². The lowest BCUT2D eigenvalue weighted by atomic mass is 9.99. The molecule has 0 spiro atoms. The van der Waals surface area contributed by atoms with Gasteiger partial charge >= 0.3 is 0 Å². The minimum Gasteiger partial charge on any atom is -0.383 e. The first-order chi connectivity index (χ1) is 8.71. The average molecular weight is 249 g/mol. The van der Waals surface area contributed by atoms with E-state index < -0.39 is 0 Å². The Hall–Kier alpha value is -1.41. The number of terminal acetylenes is 1. The largest absolute Gasteiger partial charge is 0.383 e. The van der Waals surface area contributed by atoms with Gasteiger partial charge in [-0.2, -0.15) is 10.2 Å². The van der Waals surface area contributed by atoms with Gasteiger partial charge in [0.05, 0.1) is 12.6 Å². The molecule has 0 radical (unpaired) electrons. The number of carbonyl (C=O) groups is 1. The van der Waals surface area contributed by atoms with Crippen LogP contribution in [0.15, 0.2) is 10.2 Å². The number of rotatable bonds is 7. The van der Waals surface area contributed by atoms with Crippen molar-refractivity contribution in [1.29, 1.82) is 0 Å². The summed E-state index contributed by atoms with van der Waals surface area (Å²) in [5.41, 5.74) is -0.344. The summed E-state index contributed by atoms with van der Waals surface area (Å²) in [7, 11) is 1.66. The van der Waals surface area contributed by atoms with Crippen LogP contribution >= 0.6 is 0 Å². The molecule has 0 unspecified atom stereocenters. The van der Waals surface area contributed by atoms with Crippen molar-refractivity contribution in [1.82, 2.24) is 4.90 Å². The number of nitrogens with zero attached hydrogens (tertiary/aromatic N) is 3. The fraction of sp³-hybridized carbons (Fsp3) is 0.769. The molecular formula is C13H19N3O2. The quantitative estimate of drug-likeness (QED) is 0.643. The number of hydrogen-bond donors (Lipinski definition) is 0. The summed E-state index contributed by atoms with van der Waals surface area (Å²) in [6, 6.07) is 0.261. The normalized spacial score (nSPS) is 23.3. The maximum absolute atomic E-state index is 12.0. The molecule has 1 atom stereocenters. The Morgan fingerprint density at radius 3 is 2.83 bits per heavy atom. The van der Waals surface area contributed by atoms with Crippen molar-refractivity contribution in [2.45, 2.75) is 43.8 Å². The topological polar surface area (TPSA) is 54.3 Å². The Labute approximate surface area is 108 Å². The molecule has 0 N–H and O–H groups in total. The molecule has 98 valence electrons. The van der Waals surface area contributed by atoms with E-state index in [2.05, 4.69) is 16.1 Å². The lowest BCUT2D eigenvalue weighted by Crippen LogP contribution is -2.53. The summed E-state index contributed by atoms with van der Waals surface area (Å²) >= 11 is 0. The fourth-order valence-electron chi connectivity index (χ4n) is 2.25. The van der Waals surface area contributed by atoms with E-state index in [9.17, 15) is 4.79 Å². The molecule has 1 saturated heterocycles. The van der Waals surface area contributed by atoms with Crippen LogP contribution in [0.2, 0.25) is 0 Å². The van der Waals surface area contributed by atoms with E-state index in [4.69, 9.17) is 11.2 Å². The van der Waals surface area contributed by atoms with Gasteiger partial charge in [0.2, 0.25) is 5.91 Å². The van der Waals surface area contributed by atoms with Crippen LogP contribution < -0.4 is 0 Å². The number of hydrogen-bond acceptors (Lipinski definition) is 4. The first-order valence-electron chi connectivity index (χ1n) is 6.37. The number of carbonyl (C=O) groups excluding carboxylic acids is 1. The molecule has 2 aliphatic rings. The highest BCUT2D eigenvalue weighted by molar-refractivity contribution is 5.77. The molecular weight excluding hydrogens is 230 g/mol. The second-order valence-corrected chi connectivity index (χ2v) is 4.87. The zero-order chi connectivity index (χ0) is 13.0. The van der Waals surface area contributed by atoms with Crippen molar-refractivity contribution in [2.75, 3.05) is 20.3 Å². The number of likely N-dealkylation sites (tertiary alicyclic amines) is 1. The van der Waals surface area contributed by atoms with E-state index in [1.54, 1.807) is 7.11 Å². The molecule has 5 nitrogen and oxygen atoms in total. The van der Waals surface area contributed by atoms with E-state index in [0.29, 0.717) is 25.9 Å². The zero-order valence-electron chi connectivity index (χ0n) is 10.8. The second kappa shape index (κ2) is 5.49. The van der Waals surface area contributed by atoms with Crippen molar-refractivity contribution < 1.29 is 9.53 Å². The van der Waals surface area contributed by atoms with Crippen molar-refractivity contribution in [2.24, 2.45) is 10.2 Å². The monoisotopic (exact) mass is 249 g/mol. The van der Waals surface area contributed by atoms with Gasteiger partial charge in [0.25, 0.3) is 0 Å². The van der Waals surface area contributed by atoms with Gasteiger partial charge in [-0.05, 0) is 6.42 Å². The third kappa shape index (κ3) is 2.88. The summed E-state index contributed by atoms with van der Waals surface area (Å²) in [5, 5.41) is 8.07. The molecule has 5 heteroatoms. The van der Waals surface area contributed by atoms with E-state index in [0.717, 1.165) is 19.4 Å². The van der Waals surface area contributed by atoms with E-state index in [1.807, 2.05) is 4.90 Å². The maximum Gasteiger partial charge on any atom is 0.223 e. The van der Waals surface area contributed by atoms with E-state index in [1.165, 1.54) is 0 Å². The molecule has 0 saturated carbocycles. The van der Waals surface area contributed by atoms with Crippen LogP contribution in [0, 0.1) is 12.3 Å². The molecule has 0 aromatic heterocycles. The Morgan fingerprint density at radius 2 is 2.33 bits per heavy atom. The first kappa shape index (κ1) is 13.0. The highest BCUT2D eigenvalue weighted by Gasteiger charge is 2.40. The molecule has 1 fully saturated rings. The van der Waals surface area contributed by atoms with Crippen molar-refractivity contribution in [3.05, 3.63) is 0 Å². The summed E-state index contributed by atoms with van der Waals surface area (Å²) in [5.74, 6) is 2.77. The molecule has 1 amide bonds. The fourth-order valence-corrected chi connectivity index (χ4v) is 2.25. The Balaban J connectivity index is 1.71. The highest BCUT2D eigenvalue weighted by atomic mass is 16.5. The maximum atomic E-state index is 12.0. The van der Waals surface area contributed by atoms with Crippen LogP contribution in [0.25, 0.3) is 0 Å². The molecule has 2 aliphatic heterocycles. The molecule has 0 aromatic carbocycles. The SMILES string of the molecule is C#CCCC1(CCC(=O)N2CC[C@@H]2COC)N=N1. The predicted molar refractivity (Wildman–Crippen MR) is 66.9 cm³/mol. The third-order valence-corrected chi connectivity index (χ3v) is 3.62. The minimum atomic E-state index is -0.344. The van der Waals surface area contributed by atoms with Gasteiger partial charge < -0.3 is 9.64 Å². The third-order valence-electron chi connectivity index (χ3n) is 3.62. The molecule has 0 aliphatic carbocycles. The van der Waals surface area contributed by atoms with Crippen molar-refractivity contribution in [3.63, 3.8) is 0 Å². The Kier molecular flexibility index (Phi) is 3.97. The van der Waals surface area contributed by atoms with Gasteiger partial charge in [-0.1, -0.05) is 0 Å². The summed E-state index contributed by atoms with van der Waals surface area (Å²) in [6.45, 7) is 1.47. The van der Waals surface area contributed by atoms with Crippen LogP contribution in [-0.2, 0) is 9.53 Å². The number of amides is 1. The van der Waals surface area contributed by atoms with Crippen LogP contribution in [0.4, 0.5) is 0 Å². The predicted octanol–water partition coefficient (Wildman–Crippen LogP) is 1.59. The highest BCUT2D eigenvalue weighted by Crippen LogP contribution is 2.38. The lowest BCUT2D eigenvalue weighted by molar-refractivity contribution is -0.141. The van der Waals surface area contributed by atoms with Crippen LogP contribution in [-0.4, -0.2) is 42.8 Å². The van der Waals surface area contributed by atoms with Gasteiger partial charge in [-0.15, -0.1) is 12.3 Å². The molecule has 0 bridgehead atoms. The van der Waals surface area contributed by atoms with Crippen molar-refractivity contribution in [3.8, 4) is 12.3 Å². The van der Waals surface area contributed by atoms with Gasteiger partial charge in [0.1, 0.15) is 0 Å². The van der Waals surface area contributed by atoms with Gasteiger partial charge in [-0.25, -0.2) is 0 Å². The molecule has 18 heavy (non-hydrogen) atoms. The number of ether oxygens (including phenoxy) is 1. The van der Waals surface area contributed by atoms with Gasteiger partial charge in [-0.3, -0.25) is 4.79 Å². The molecule has 2 rings (SSSR count). The van der Waals surface area contributed by atoms with E-state index in [-0.39, 0.29) is 17.6 Å². The first-order valence-corrected chi connectivity index (χ1v) is 6.37. The Bertz CT molecular complexity index is 380. The second-order valence-electron chi connectivity index (χ2n) is 4.87. The van der Waals surface area contributed by atoms with Crippen LogP contribution in [0.3, 0.4) is 0 Å². The summed E-state index contributed by atoms with van der Waals surface area (Å²) in [6.07, 6.45) is 8.87. The minimum absolute atomic E-state index is 0.181. The van der Waals surface area contributed by atoms with Gasteiger partial charge in [0, 0.05) is 39.3 Å². The average Bonchev–Trinajstić information content (AvgIpc) is 3.10. The standard InChI is InChI=1S/C13H19N3O2/c1-3-4-7-13(14-15-13)8-5-12(17)16-9-6-11(16)10-18-2/h1,11H,4-10H2,2H3/t11-/m1/s1. The summed E-state index contributed by atoms with van der Waals surface area (Å²) in [4.78, 5) is 13.9. The molecule has 2 heterocycles. The smallest absolute Gasteiger partial charge is 0.223 e. The summed E-state index contributed by atoms with van der Waals surface area (Å²) < 4.78 is 5.08.